The highest BCUT2D eigenvalue weighted by atomic mass is 32.1. The van der Waals surface area contributed by atoms with Gasteiger partial charge in [-0.2, -0.15) is 0 Å². The number of nitrogen functional groups attached to an aromatic ring is 1. The fourth-order valence-corrected chi connectivity index (χ4v) is 5.78. The maximum absolute atomic E-state index is 13.7. The number of hydrogen-bond acceptors (Lipinski definition) is 7. The molecule has 38 heavy (non-hydrogen) atoms. The molecule has 2 heterocycles. The Labute approximate surface area is 224 Å². The van der Waals surface area contributed by atoms with Gasteiger partial charge >= 0.3 is 5.97 Å². The molecule has 0 bridgehead atoms. The van der Waals surface area contributed by atoms with E-state index in [1.54, 1.807) is 36.4 Å². The van der Waals surface area contributed by atoms with E-state index < -0.39 is 35.9 Å². The lowest BCUT2D eigenvalue weighted by Crippen LogP contribution is -2.49. The molecule has 1 amide bonds. The van der Waals surface area contributed by atoms with Crippen molar-refractivity contribution < 1.29 is 19.5 Å². The van der Waals surface area contributed by atoms with E-state index in [1.165, 1.54) is 11.3 Å². The maximum atomic E-state index is 13.7. The molecule has 0 spiro atoms. The summed E-state index contributed by atoms with van der Waals surface area (Å²) in [4.78, 5) is 39.9. The number of carboxylic acids is 1. The summed E-state index contributed by atoms with van der Waals surface area (Å²) >= 11 is 1.18. The van der Waals surface area contributed by atoms with E-state index in [2.05, 4.69) is 10.6 Å². The number of amides is 1. The number of hydrogen-bond donors (Lipinski definition) is 6. The average molecular weight is 534 g/mol. The molecule has 1 aromatic heterocycles. The topological polar surface area (TPSA) is 171 Å². The van der Waals surface area contributed by atoms with Crippen LogP contribution in [-0.4, -0.2) is 47.2 Å². The molecule has 1 aliphatic heterocycles. The standard InChI is InChI=1S/C28H31N5O4S/c29-24(23(16-7-2-1-3-8-16)18-10-5-4-9-17(18)15-22(34)35)28(37)33-25(26(36)19-11-6-14-32-19)20-12-13-21(38-20)27(30)31/h1-5,7-10,12-13,19,23-25,32H,6,11,14-15,29H2,(H3,30,31)(H,33,37)(H,34,35)/t19-,23?,24+,25?/m0/s1. The van der Waals surface area contributed by atoms with Gasteiger partial charge in [0.25, 0.3) is 0 Å². The third kappa shape index (κ3) is 6.16. The van der Waals surface area contributed by atoms with Gasteiger partial charge in [-0.3, -0.25) is 19.8 Å². The zero-order valence-electron chi connectivity index (χ0n) is 20.7. The van der Waals surface area contributed by atoms with Crippen molar-refractivity contribution in [1.29, 1.82) is 5.41 Å². The smallest absolute Gasteiger partial charge is 0.307 e. The van der Waals surface area contributed by atoms with Crippen molar-refractivity contribution in [3.8, 4) is 0 Å². The number of rotatable bonds is 11. The van der Waals surface area contributed by atoms with Crippen LogP contribution in [0.3, 0.4) is 0 Å². The lowest BCUT2D eigenvalue weighted by atomic mass is 9.82. The van der Waals surface area contributed by atoms with E-state index in [0.29, 0.717) is 27.3 Å². The molecular weight excluding hydrogens is 502 g/mol. The van der Waals surface area contributed by atoms with Gasteiger partial charge in [0.05, 0.1) is 23.4 Å². The molecule has 9 nitrogen and oxygen atoms in total. The Bertz CT molecular complexity index is 1320. The molecule has 0 aliphatic carbocycles. The van der Waals surface area contributed by atoms with Crippen LogP contribution in [0.25, 0.3) is 0 Å². The number of aliphatic carboxylic acids is 1. The van der Waals surface area contributed by atoms with Crippen molar-refractivity contribution in [2.75, 3.05) is 6.54 Å². The molecule has 2 aromatic carbocycles. The molecule has 2 unspecified atom stereocenters. The quantitative estimate of drug-likeness (QED) is 0.162. The summed E-state index contributed by atoms with van der Waals surface area (Å²) in [5.41, 5.74) is 14.2. The largest absolute Gasteiger partial charge is 0.481 e. The number of nitrogens with one attached hydrogen (secondary N) is 3. The minimum absolute atomic E-state index is 0.117. The van der Waals surface area contributed by atoms with Gasteiger partial charge in [0.1, 0.15) is 11.9 Å². The van der Waals surface area contributed by atoms with Gasteiger partial charge in [0.15, 0.2) is 5.78 Å². The van der Waals surface area contributed by atoms with Gasteiger partial charge in [0, 0.05) is 10.8 Å². The number of carbonyl (C=O) groups is 3. The van der Waals surface area contributed by atoms with E-state index in [-0.39, 0.29) is 18.0 Å². The van der Waals surface area contributed by atoms with Crippen molar-refractivity contribution >= 4 is 34.8 Å². The summed E-state index contributed by atoms with van der Waals surface area (Å²) in [6, 6.07) is 17.1. The molecule has 8 N–H and O–H groups in total. The van der Waals surface area contributed by atoms with Crippen LogP contribution >= 0.6 is 11.3 Å². The molecule has 1 saturated heterocycles. The second-order valence-corrected chi connectivity index (χ2v) is 10.4. The Hall–Kier alpha value is -3.86. The van der Waals surface area contributed by atoms with Crippen LogP contribution in [0, 0.1) is 5.41 Å². The summed E-state index contributed by atoms with van der Waals surface area (Å²) in [5, 5.41) is 23.3. The van der Waals surface area contributed by atoms with Crippen LogP contribution < -0.4 is 22.1 Å². The Morgan fingerprint density at radius 3 is 2.42 bits per heavy atom. The molecule has 1 fully saturated rings. The normalized spacial score (nSPS) is 17.3. The first-order valence-electron chi connectivity index (χ1n) is 12.4. The highest BCUT2D eigenvalue weighted by Gasteiger charge is 2.36. The summed E-state index contributed by atoms with van der Waals surface area (Å²) in [7, 11) is 0. The molecule has 198 valence electrons. The van der Waals surface area contributed by atoms with Crippen molar-refractivity contribution in [3.63, 3.8) is 0 Å². The summed E-state index contributed by atoms with van der Waals surface area (Å²) in [6.07, 6.45) is 1.30. The molecule has 4 rings (SSSR count). The average Bonchev–Trinajstić information content (AvgIpc) is 3.61. The number of benzene rings is 2. The van der Waals surface area contributed by atoms with Crippen LogP contribution in [0.1, 0.15) is 51.2 Å². The predicted molar refractivity (Wildman–Crippen MR) is 146 cm³/mol. The second kappa shape index (κ2) is 12.1. The lowest BCUT2D eigenvalue weighted by molar-refractivity contribution is -0.136. The Morgan fingerprint density at radius 2 is 1.79 bits per heavy atom. The maximum Gasteiger partial charge on any atom is 0.307 e. The van der Waals surface area contributed by atoms with E-state index in [0.717, 1.165) is 18.5 Å². The SMILES string of the molecule is N=C(N)c1ccc(C(NC(=O)[C@H](N)C(c2ccccc2)c2ccccc2CC(=O)O)C(=O)[C@@H]2CCCN2)s1. The first-order chi connectivity index (χ1) is 18.3. The van der Waals surface area contributed by atoms with Crippen LogP contribution in [0.2, 0.25) is 0 Å². The Morgan fingerprint density at radius 1 is 1.08 bits per heavy atom. The van der Waals surface area contributed by atoms with Crippen LogP contribution in [0.15, 0.2) is 66.7 Å². The van der Waals surface area contributed by atoms with Crippen LogP contribution in [0.4, 0.5) is 0 Å². The van der Waals surface area contributed by atoms with Gasteiger partial charge in [-0.15, -0.1) is 11.3 Å². The van der Waals surface area contributed by atoms with E-state index >= 15 is 0 Å². The summed E-state index contributed by atoms with van der Waals surface area (Å²) in [5.74, 6) is -2.48. The molecule has 4 atom stereocenters. The zero-order chi connectivity index (χ0) is 27.2. The van der Waals surface area contributed by atoms with Crippen LogP contribution in [0.5, 0.6) is 0 Å². The zero-order valence-corrected chi connectivity index (χ0v) is 21.5. The van der Waals surface area contributed by atoms with Crippen molar-refractivity contribution in [2.24, 2.45) is 11.5 Å². The number of nitrogens with two attached hydrogens (primary N) is 2. The second-order valence-electron chi connectivity index (χ2n) is 9.29. The summed E-state index contributed by atoms with van der Waals surface area (Å²) in [6.45, 7) is 0.718. The Kier molecular flexibility index (Phi) is 8.67. The number of carboxylic acid groups (broad SMARTS) is 1. The molecular formula is C28H31N5O4S. The third-order valence-corrected chi connectivity index (χ3v) is 7.89. The van der Waals surface area contributed by atoms with Crippen molar-refractivity contribution in [2.45, 2.75) is 43.3 Å². The van der Waals surface area contributed by atoms with E-state index in [1.807, 2.05) is 30.3 Å². The van der Waals surface area contributed by atoms with E-state index in [9.17, 15) is 19.5 Å². The van der Waals surface area contributed by atoms with Crippen molar-refractivity contribution in [1.82, 2.24) is 10.6 Å². The number of amidine groups is 1. The highest BCUT2D eigenvalue weighted by Crippen LogP contribution is 2.32. The molecule has 10 heteroatoms. The van der Waals surface area contributed by atoms with Crippen LogP contribution in [-0.2, 0) is 20.8 Å². The number of ketones is 1. The van der Waals surface area contributed by atoms with Gasteiger partial charge in [-0.05, 0) is 48.2 Å². The van der Waals surface area contributed by atoms with E-state index in [4.69, 9.17) is 16.9 Å². The molecule has 1 aliphatic rings. The fourth-order valence-electron chi connectivity index (χ4n) is 4.86. The minimum Gasteiger partial charge on any atom is -0.481 e. The lowest BCUT2D eigenvalue weighted by Gasteiger charge is -2.28. The highest BCUT2D eigenvalue weighted by molar-refractivity contribution is 7.14. The molecule has 0 radical (unpaired) electrons. The fraction of sp³-hybridized carbons (Fsp3) is 0.286. The molecule has 3 aromatic rings. The third-order valence-electron chi connectivity index (χ3n) is 6.70. The van der Waals surface area contributed by atoms with Gasteiger partial charge in [0.2, 0.25) is 5.91 Å². The predicted octanol–water partition coefficient (Wildman–Crippen LogP) is 2.30. The minimum atomic E-state index is -1.12. The van der Waals surface area contributed by atoms with Gasteiger partial charge < -0.3 is 27.2 Å². The number of thiophene rings is 1. The number of Topliss-reactive ketones (excluding diaryl/α,β-unsaturated/α-hetero) is 1. The summed E-state index contributed by atoms with van der Waals surface area (Å²) < 4.78 is 0. The van der Waals surface area contributed by atoms with Gasteiger partial charge in [-0.1, -0.05) is 54.6 Å². The molecule has 0 saturated carbocycles. The van der Waals surface area contributed by atoms with Gasteiger partial charge in [-0.25, -0.2) is 0 Å². The van der Waals surface area contributed by atoms with Crippen molar-refractivity contribution in [3.05, 3.63) is 93.2 Å². The Balaban J connectivity index is 1.69. The first kappa shape index (κ1) is 27.2. The first-order valence-corrected chi connectivity index (χ1v) is 13.2. The number of carbonyl (C=O) groups excluding carboxylic acids is 2. The monoisotopic (exact) mass is 533 g/mol.